The number of hydrogen-bond acceptors (Lipinski definition) is 2. The molecule has 0 spiro atoms. The monoisotopic (exact) mass is 252 g/mol. The van der Waals surface area contributed by atoms with Crippen molar-refractivity contribution in [2.45, 2.75) is 20.0 Å². The summed E-state index contributed by atoms with van der Waals surface area (Å²) in [7, 11) is 0. The third-order valence-electron chi connectivity index (χ3n) is 2.89. The predicted molar refractivity (Wildman–Crippen MR) is 77.3 cm³/mol. The van der Waals surface area contributed by atoms with Gasteiger partial charge in [-0.1, -0.05) is 12.1 Å². The zero-order valence-corrected chi connectivity index (χ0v) is 11.1. The van der Waals surface area contributed by atoms with E-state index in [2.05, 4.69) is 9.97 Å². The third kappa shape index (κ3) is 2.45. The van der Waals surface area contributed by atoms with E-state index >= 15 is 0 Å². The lowest BCUT2D eigenvalue weighted by molar-refractivity contribution is 0.242. The lowest BCUT2D eigenvalue weighted by atomic mass is 10.2. The molecular formula is C16H16N2O. The maximum Gasteiger partial charge on any atom is 0.138 e. The van der Waals surface area contributed by atoms with Crippen LogP contribution in [0.15, 0.2) is 48.5 Å². The molecule has 3 heteroatoms. The van der Waals surface area contributed by atoms with Crippen molar-refractivity contribution in [2.24, 2.45) is 0 Å². The van der Waals surface area contributed by atoms with Crippen molar-refractivity contribution >= 4 is 11.0 Å². The van der Waals surface area contributed by atoms with Gasteiger partial charge < -0.3 is 9.72 Å². The molecule has 0 saturated heterocycles. The number of hydrogen-bond donors (Lipinski definition) is 1. The highest BCUT2D eigenvalue weighted by Crippen LogP contribution is 2.23. The number of aromatic nitrogens is 2. The van der Waals surface area contributed by atoms with Crippen LogP contribution in [0.4, 0.5) is 0 Å². The van der Waals surface area contributed by atoms with E-state index < -0.39 is 0 Å². The van der Waals surface area contributed by atoms with Gasteiger partial charge in [-0.05, 0) is 50.2 Å². The molecule has 0 fully saturated rings. The lowest BCUT2D eigenvalue weighted by Crippen LogP contribution is -2.05. The van der Waals surface area contributed by atoms with Crippen LogP contribution in [0.2, 0.25) is 0 Å². The van der Waals surface area contributed by atoms with Crippen LogP contribution in [-0.2, 0) is 0 Å². The Morgan fingerprint density at radius 1 is 1.00 bits per heavy atom. The molecule has 0 amide bonds. The number of aromatic amines is 1. The standard InChI is InChI=1S/C16H16N2O/c1-11(2)19-13-9-7-12(8-10-13)16-17-14-5-3-4-6-15(14)18-16/h3-11H,1-2H3,(H,17,18). The minimum Gasteiger partial charge on any atom is -0.491 e. The second-order valence-corrected chi connectivity index (χ2v) is 4.79. The molecule has 0 aliphatic heterocycles. The van der Waals surface area contributed by atoms with Crippen LogP contribution in [0, 0.1) is 0 Å². The highest BCUT2D eigenvalue weighted by atomic mass is 16.5. The Morgan fingerprint density at radius 3 is 2.42 bits per heavy atom. The van der Waals surface area contributed by atoms with Gasteiger partial charge in [-0.3, -0.25) is 0 Å². The Hall–Kier alpha value is -2.29. The lowest BCUT2D eigenvalue weighted by Gasteiger charge is -2.09. The van der Waals surface area contributed by atoms with Gasteiger partial charge in [0.1, 0.15) is 11.6 Å². The number of rotatable bonds is 3. The molecule has 1 aromatic heterocycles. The Labute approximate surface area is 112 Å². The molecular weight excluding hydrogens is 236 g/mol. The quantitative estimate of drug-likeness (QED) is 0.764. The number of nitrogens with one attached hydrogen (secondary N) is 1. The second-order valence-electron chi connectivity index (χ2n) is 4.79. The Morgan fingerprint density at radius 2 is 1.74 bits per heavy atom. The van der Waals surface area contributed by atoms with Gasteiger partial charge in [0.15, 0.2) is 0 Å². The highest BCUT2D eigenvalue weighted by Gasteiger charge is 2.05. The van der Waals surface area contributed by atoms with Gasteiger partial charge in [-0.25, -0.2) is 4.98 Å². The largest absolute Gasteiger partial charge is 0.491 e. The Bertz CT molecular complexity index is 650. The van der Waals surface area contributed by atoms with Gasteiger partial charge in [0.25, 0.3) is 0 Å². The van der Waals surface area contributed by atoms with Gasteiger partial charge in [-0.2, -0.15) is 0 Å². The fourth-order valence-electron chi connectivity index (χ4n) is 2.05. The Balaban J connectivity index is 1.93. The van der Waals surface area contributed by atoms with Gasteiger partial charge in [0, 0.05) is 5.56 Å². The first-order chi connectivity index (χ1) is 9.22. The highest BCUT2D eigenvalue weighted by molar-refractivity contribution is 5.79. The van der Waals surface area contributed by atoms with Crippen LogP contribution in [-0.4, -0.2) is 16.1 Å². The summed E-state index contributed by atoms with van der Waals surface area (Å²) in [6.45, 7) is 4.04. The number of H-pyrrole nitrogens is 1. The number of imidazole rings is 1. The van der Waals surface area contributed by atoms with Crippen LogP contribution in [0.25, 0.3) is 22.4 Å². The van der Waals surface area contributed by atoms with Crippen LogP contribution in [0.1, 0.15) is 13.8 Å². The zero-order chi connectivity index (χ0) is 13.2. The maximum atomic E-state index is 5.63. The maximum absolute atomic E-state index is 5.63. The van der Waals surface area contributed by atoms with Crippen molar-refractivity contribution in [1.82, 2.24) is 9.97 Å². The third-order valence-corrected chi connectivity index (χ3v) is 2.89. The molecule has 3 rings (SSSR count). The minimum absolute atomic E-state index is 0.192. The van der Waals surface area contributed by atoms with Crippen molar-refractivity contribution in [3.05, 3.63) is 48.5 Å². The molecule has 0 atom stereocenters. The van der Waals surface area contributed by atoms with Crippen molar-refractivity contribution in [3.63, 3.8) is 0 Å². The molecule has 0 aliphatic carbocycles. The molecule has 1 heterocycles. The van der Waals surface area contributed by atoms with Gasteiger partial charge in [0.05, 0.1) is 17.1 Å². The molecule has 3 aromatic rings. The van der Waals surface area contributed by atoms with E-state index in [9.17, 15) is 0 Å². The summed E-state index contributed by atoms with van der Waals surface area (Å²) in [5.41, 5.74) is 3.10. The van der Waals surface area contributed by atoms with E-state index in [1.807, 2.05) is 62.4 Å². The first-order valence-corrected chi connectivity index (χ1v) is 6.44. The summed E-state index contributed by atoms with van der Waals surface area (Å²) >= 11 is 0. The molecule has 19 heavy (non-hydrogen) atoms. The van der Waals surface area contributed by atoms with E-state index in [0.717, 1.165) is 28.2 Å². The Kier molecular flexibility index (Phi) is 2.95. The van der Waals surface area contributed by atoms with Crippen molar-refractivity contribution in [3.8, 4) is 17.1 Å². The molecule has 96 valence electrons. The molecule has 0 aliphatic rings. The van der Waals surface area contributed by atoms with Crippen LogP contribution < -0.4 is 4.74 Å². The molecule has 0 saturated carbocycles. The van der Waals surface area contributed by atoms with Gasteiger partial charge >= 0.3 is 0 Å². The summed E-state index contributed by atoms with van der Waals surface area (Å²) in [6, 6.07) is 16.0. The van der Waals surface area contributed by atoms with Gasteiger partial charge in [-0.15, -0.1) is 0 Å². The van der Waals surface area contributed by atoms with Crippen molar-refractivity contribution in [1.29, 1.82) is 0 Å². The normalized spacial score (nSPS) is 11.1. The minimum atomic E-state index is 0.192. The van der Waals surface area contributed by atoms with Gasteiger partial charge in [0.2, 0.25) is 0 Å². The van der Waals surface area contributed by atoms with Crippen LogP contribution in [0.5, 0.6) is 5.75 Å². The summed E-state index contributed by atoms with van der Waals surface area (Å²) in [4.78, 5) is 7.90. The second kappa shape index (κ2) is 4.76. The van der Waals surface area contributed by atoms with Crippen molar-refractivity contribution in [2.75, 3.05) is 0 Å². The van der Waals surface area contributed by atoms with Crippen molar-refractivity contribution < 1.29 is 4.74 Å². The fourth-order valence-corrected chi connectivity index (χ4v) is 2.05. The summed E-state index contributed by atoms with van der Waals surface area (Å²) in [5.74, 6) is 1.77. The topological polar surface area (TPSA) is 37.9 Å². The van der Waals surface area contributed by atoms with Crippen LogP contribution in [0.3, 0.4) is 0 Å². The van der Waals surface area contributed by atoms with E-state index in [-0.39, 0.29) is 6.10 Å². The average Bonchev–Trinajstić information content (AvgIpc) is 2.82. The summed E-state index contributed by atoms with van der Waals surface area (Å²) < 4.78 is 5.63. The predicted octanol–water partition coefficient (Wildman–Crippen LogP) is 4.02. The summed E-state index contributed by atoms with van der Waals surface area (Å²) in [6.07, 6.45) is 0.192. The van der Waals surface area contributed by atoms with E-state index in [1.165, 1.54) is 0 Å². The molecule has 0 unspecified atom stereocenters. The molecule has 1 N–H and O–H groups in total. The van der Waals surface area contributed by atoms with Crippen LogP contribution >= 0.6 is 0 Å². The molecule has 0 radical (unpaired) electrons. The SMILES string of the molecule is CC(C)Oc1ccc(-c2nc3ccccc3[nH]2)cc1. The first kappa shape index (κ1) is 11.8. The zero-order valence-electron chi connectivity index (χ0n) is 11.1. The molecule has 2 aromatic carbocycles. The number of nitrogens with zero attached hydrogens (tertiary/aromatic N) is 1. The smallest absolute Gasteiger partial charge is 0.138 e. The summed E-state index contributed by atoms with van der Waals surface area (Å²) in [5, 5.41) is 0. The fraction of sp³-hybridized carbons (Fsp3) is 0.188. The average molecular weight is 252 g/mol. The number of fused-ring (bicyclic) bond motifs is 1. The van der Waals surface area contributed by atoms with E-state index in [4.69, 9.17) is 4.74 Å². The number of ether oxygens (including phenoxy) is 1. The number of benzene rings is 2. The number of para-hydroxylation sites is 2. The van der Waals surface area contributed by atoms with E-state index in [1.54, 1.807) is 0 Å². The van der Waals surface area contributed by atoms with E-state index in [0.29, 0.717) is 0 Å². The molecule has 0 bridgehead atoms. The first-order valence-electron chi connectivity index (χ1n) is 6.44. The molecule has 3 nitrogen and oxygen atoms in total.